The number of aliphatic hydroxyl groups excluding tert-OH is 4. The molecule has 3 atom stereocenters. The van der Waals surface area contributed by atoms with Gasteiger partial charge in [-0.3, -0.25) is 4.79 Å². The standard InChI is InChI=1S/C14H18ClNO5/c1-8(18)13(20)14(21)11(7-17)16-12(19)6-9-2-4-10(15)5-3-9/h2-5,8,13-14,17-18,20-21H,6-7H2,1H3/t8-,13+,14+/m0/s1. The molecule has 0 unspecified atom stereocenters. The Morgan fingerprint density at radius 2 is 1.81 bits per heavy atom. The summed E-state index contributed by atoms with van der Waals surface area (Å²) in [4.78, 5) is 15.4. The SMILES string of the molecule is C[C@H](O)[C@@H](O)[C@H](O)C(CO)=NC(=O)Cc1ccc(Cl)cc1. The zero-order valence-corrected chi connectivity index (χ0v) is 12.2. The Balaban J connectivity index is 2.77. The third-order valence-electron chi connectivity index (χ3n) is 2.86. The van der Waals surface area contributed by atoms with Gasteiger partial charge in [-0.1, -0.05) is 23.7 Å². The van der Waals surface area contributed by atoms with Gasteiger partial charge in [-0.15, -0.1) is 0 Å². The number of nitrogens with zero attached hydrogens (tertiary/aromatic N) is 1. The van der Waals surface area contributed by atoms with Crippen LogP contribution in [0.25, 0.3) is 0 Å². The lowest BCUT2D eigenvalue weighted by Gasteiger charge is -2.20. The van der Waals surface area contributed by atoms with E-state index in [4.69, 9.17) is 16.7 Å². The van der Waals surface area contributed by atoms with Crippen LogP contribution in [-0.2, 0) is 11.2 Å². The lowest BCUT2D eigenvalue weighted by atomic mass is 10.0. The molecule has 4 N–H and O–H groups in total. The molecule has 0 spiro atoms. The first kappa shape index (κ1) is 17.7. The van der Waals surface area contributed by atoms with Gasteiger partial charge in [0, 0.05) is 5.02 Å². The highest BCUT2D eigenvalue weighted by Crippen LogP contribution is 2.10. The number of carbonyl (C=O) groups is 1. The number of rotatable bonds is 6. The molecule has 0 aliphatic rings. The van der Waals surface area contributed by atoms with E-state index in [1.165, 1.54) is 6.92 Å². The van der Waals surface area contributed by atoms with Crippen molar-refractivity contribution in [2.75, 3.05) is 6.61 Å². The second kappa shape index (κ2) is 8.21. The Bertz CT molecular complexity index is 501. The van der Waals surface area contributed by atoms with Gasteiger partial charge in [-0.05, 0) is 24.6 Å². The maximum atomic E-state index is 11.8. The Kier molecular flexibility index (Phi) is 6.94. The average molecular weight is 316 g/mol. The van der Waals surface area contributed by atoms with Crippen molar-refractivity contribution in [3.05, 3.63) is 34.9 Å². The second-order valence-corrected chi connectivity index (χ2v) is 5.07. The molecule has 1 aromatic rings. The predicted molar refractivity (Wildman–Crippen MR) is 78.4 cm³/mol. The van der Waals surface area contributed by atoms with E-state index in [1.54, 1.807) is 24.3 Å². The molecule has 0 fully saturated rings. The third-order valence-corrected chi connectivity index (χ3v) is 3.11. The number of amides is 1. The number of hydrogen-bond acceptors (Lipinski definition) is 5. The lowest BCUT2D eigenvalue weighted by Crippen LogP contribution is -2.42. The Morgan fingerprint density at radius 1 is 1.24 bits per heavy atom. The van der Waals surface area contributed by atoms with Crippen molar-refractivity contribution in [2.45, 2.75) is 31.7 Å². The van der Waals surface area contributed by atoms with Crippen molar-refractivity contribution < 1.29 is 25.2 Å². The molecule has 0 aliphatic heterocycles. The van der Waals surface area contributed by atoms with Crippen LogP contribution in [0, 0.1) is 0 Å². The van der Waals surface area contributed by atoms with Crippen LogP contribution in [0.15, 0.2) is 29.3 Å². The van der Waals surface area contributed by atoms with Gasteiger partial charge < -0.3 is 20.4 Å². The van der Waals surface area contributed by atoms with Gasteiger partial charge in [0.05, 0.1) is 24.8 Å². The number of carbonyl (C=O) groups excluding carboxylic acids is 1. The van der Waals surface area contributed by atoms with E-state index in [0.717, 1.165) is 0 Å². The van der Waals surface area contributed by atoms with Crippen molar-refractivity contribution in [3.8, 4) is 0 Å². The summed E-state index contributed by atoms with van der Waals surface area (Å²) in [6.45, 7) is 0.579. The molecule has 0 heterocycles. The van der Waals surface area contributed by atoms with E-state index in [9.17, 15) is 20.1 Å². The van der Waals surface area contributed by atoms with Gasteiger partial charge >= 0.3 is 0 Å². The predicted octanol–water partition coefficient (Wildman–Crippen LogP) is -0.0550. The van der Waals surface area contributed by atoms with E-state index < -0.39 is 30.8 Å². The Morgan fingerprint density at radius 3 is 2.29 bits per heavy atom. The molecule has 0 radical (unpaired) electrons. The molecule has 1 rings (SSSR count). The molecule has 0 aromatic heterocycles. The van der Waals surface area contributed by atoms with E-state index in [-0.39, 0.29) is 12.1 Å². The number of aliphatic imine (C=N–C) groups is 1. The normalized spacial score (nSPS) is 16.4. The van der Waals surface area contributed by atoms with Crippen LogP contribution >= 0.6 is 11.6 Å². The quantitative estimate of drug-likeness (QED) is 0.550. The molecule has 0 saturated heterocycles. The van der Waals surface area contributed by atoms with Crippen LogP contribution in [0.5, 0.6) is 0 Å². The van der Waals surface area contributed by atoms with Gasteiger partial charge in [-0.2, -0.15) is 0 Å². The highest BCUT2D eigenvalue weighted by molar-refractivity contribution is 6.30. The smallest absolute Gasteiger partial charge is 0.250 e. The zero-order chi connectivity index (χ0) is 16.0. The van der Waals surface area contributed by atoms with Crippen molar-refractivity contribution in [1.82, 2.24) is 0 Å². The number of hydrogen-bond donors (Lipinski definition) is 4. The highest BCUT2D eigenvalue weighted by Gasteiger charge is 2.26. The monoisotopic (exact) mass is 315 g/mol. The summed E-state index contributed by atoms with van der Waals surface area (Å²) < 4.78 is 0. The summed E-state index contributed by atoms with van der Waals surface area (Å²) in [5.74, 6) is -0.585. The minimum Gasteiger partial charge on any atom is -0.391 e. The van der Waals surface area contributed by atoms with Crippen LogP contribution in [0.3, 0.4) is 0 Å². The Labute approximate surface area is 127 Å². The topological polar surface area (TPSA) is 110 Å². The summed E-state index contributed by atoms with van der Waals surface area (Å²) >= 11 is 5.73. The first-order chi connectivity index (χ1) is 9.85. The molecule has 6 nitrogen and oxygen atoms in total. The number of halogens is 1. The molecular weight excluding hydrogens is 298 g/mol. The van der Waals surface area contributed by atoms with Crippen LogP contribution in [-0.4, -0.2) is 57.0 Å². The Hall–Kier alpha value is -1.31. The lowest BCUT2D eigenvalue weighted by molar-refractivity contribution is -0.117. The van der Waals surface area contributed by atoms with E-state index in [2.05, 4.69) is 4.99 Å². The van der Waals surface area contributed by atoms with Gasteiger partial charge in [0.25, 0.3) is 0 Å². The molecular formula is C14H18ClNO5. The van der Waals surface area contributed by atoms with E-state index in [0.29, 0.717) is 10.6 Å². The average Bonchev–Trinajstić information content (AvgIpc) is 2.45. The minimum atomic E-state index is -1.61. The second-order valence-electron chi connectivity index (χ2n) is 4.63. The van der Waals surface area contributed by atoms with Crippen molar-refractivity contribution >= 4 is 23.2 Å². The van der Waals surface area contributed by atoms with Crippen LogP contribution < -0.4 is 0 Å². The fraction of sp³-hybridized carbons (Fsp3) is 0.429. The summed E-state index contributed by atoms with van der Waals surface area (Å²) in [6.07, 6.45) is -4.38. The molecule has 0 aliphatic carbocycles. The van der Waals surface area contributed by atoms with Gasteiger partial charge in [0.15, 0.2) is 0 Å². The largest absolute Gasteiger partial charge is 0.391 e. The first-order valence-electron chi connectivity index (χ1n) is 6.35. The minimum absolute atomic E-state index is 0.0296. The van der Waals surface area contributed by atoms with Crippen molar-refractivity contribution in [3.63, 3.8) is 0 Å². The molecule has 0 saturated carbocycles. The fourth-order valence-corrected chi connectivity index (χ4v) is 1.76. The fourth-order valence-electron chi connectivity index (χ4n) is 1.63. The maximum Gasteiger partial charge on any atom is 0.250 e. The zero-order valence-electron chi connectivity index (χ0n) is 11.5. The molecule has 116 valence electrons. The van der Waals surface area contributed by atoms with Gasteiger partial charge in [-0.25, -0.2) is 4.99 Å². The third kappa shape index (κ3) is 5.53. The van der Waals surface area contributed by atoms with Crippen LogP contribution in [0.2, 0.25) is 5.02 Å². The summed E-state index contributed by atoms with van der Waals surface area (Å²) in [6, 6.07) is 6.59. The van der Waals surface area contributed by atoms with Crippen LogP contribution in [0.1, 0.15) is 12.5 Å². The van der Waals surface area contributed by atoms with E-state index >= 15 is 0 Å². The highest BCUT2D eigenvalue weighted by atomic mass is 35.5. The molecule has 21 heavy (non-hydrogen) atoms. The maximum absolute atomic E-state index is 11.8. The van der Waals surface area contributed by atoms with Crippen molar-refractivity contribution in [2.24, 2.45) is 4.99 Å². The van der Waals surface area contributed by atoms with E-state index in [1.807, 2.05) is 0 Å². The van der Waals surface area contributed by atoms with Gasteiger partial charge in [0.1, 0.15) is 12.2 Å². The number of aliphatic hydroxyl groups is 4. The summed E-state index contributed by atoms with van der Waals surface area (Å²) in [7, 11) is 0. The summed E-state index contributed by atoms with van der Waals surface area (Å²) in [5, 5.41) is 38.1. The molecule has 1 amide bonds. The number of benzene rings is 1. The summed E-state index contributed by atoms with van der Waals surface area (Å²) in [5.41, 5.74) is 0.387. The van der Waals surface area contributed by atoms with Crippen LogP contribution in [0.4, 0.5) is 0 Å². The first-order valence-corrected chi connectivity index (χ1v) is 6.72. The molecule has 7 heteroatoms. The van der Waals surface area contributed by atoms with Gasteiger partial charge in [0.2, 0.25) is 5.91 Å². The molecule has 1 aromatic carbocycles. The molecule has 0 bridgehead atoms. The van der Waals surface area contributed by atoms with Crippen molar-refractivity contribution in [1.29, 1.82) is 0 Å².